The number of anilines is 1. The molecule has 0 amide bonds. The van der Waals surface area contributed by atoms with Crippen molar-refractivity contribution in [1.29, 1.82) is 0 Å². The summed E-state index contributed by atoms with van der Waals surface area (Å²) in [4.78, 5) is 0. The molecule has 0 saturated carbocycles. The van der Waals surface area contributed by atoms with E-state index in [-0.39, 0.29) is 6.04 Å². The van der Waals surface area contributed by atoms with Crippen molar-refractivity contribution in [3.8, 4) is 0 Å². The van der Waals surface area contributed by atoms with Crippen molar-refractivity contribution in [2.24, 2.45) is 11.8 Å². The summed E-state index contributed by atoms with van der Waals surface area (Å²) in [5.41, 5.74) is -0.116. The van der Waals surface area contributed by atoms with Crippen LogP contribution in [0.3, 0.4) is 0 Å². The van der Waals surface area contributed by atoms with Crippen LogP contribution in [-0.4, -0.2) is 6.04 Å². The molecule has 0 radical (unpaired) electrons. The van der Waals surface area contributed by atoms with Gasteiger partial charge in [-0.25, -0.2) is 0 Å². The second-order valence-corrected chi connectivity index (χ2v) is 7.24. The Kier molecular flexibility index (Phi) is 6.57. The van der Waals surface area contributed by atoms with Crippen LogP contribution in [0.25, 0.3) is 0 Å². The molecule has 0 heterocycles. The van der Waals surface area contributed by atoms with Gasteiger partial charge in [0.05, 0.1) is 5.56 Å². The molecule has 1 N–H and O–H groups in total. The van der Waals surface area contributed by atoms with E-state index >= 15 is 0 Å². The average Bonchev–Trinajstić information content (AvgIpc) is 2.24. The second-order valence-electron chi connectivity index (χ2n) is 6.33. The zero-order valence-electron chi connectivity index (χ0n) is 12.9. The van der Waals surface area contributed by atoms with E-state index in [1.165, 1.54) is 6.07 Å². The van der Waals surface area contributed by atoms with E-state index in [4.69, 9.17) is 0 Å². The molecule has 0 aliphatic rings. The van der Waals surface area contributed by atoms with Crippen LogP contribution in [0.4, 0.5) is 18.9 Å². The monoisotopic (exact) mass is 365 g/mol. The van der Waals surface area contributed by atoms with Crippen LogP contribution in [0, 0.1) is 11.8 Å². The zero-order valence-corrected chi connectivity index (χ0v) is 14.5. The topological polar surface area (TPSA) is 12.0 Å². The standard InChI is InChI=1S/C16H23BrF3N/c1-10(2)5-14(6-11(3)4)21-15-8-12(16(18,19)20)7-13(17)9-15/h7-11,14,21H,5-6H2,1-4H3. The number of rotatable bonds is 6. The fourth-order valence-corrected chi connectivity index (χ4v) is 2.92. The molecule has 21 heavy (non-hydrogen) atoms. The molecule has 0 aromatic heterocycles. The van der Waals surface area contributed by atoms with Gasteiger partial charge in [-0.2, -0.15) is 13.2 Å². The normalized spacial score (nSPS) is 12.5. The molecule has 120 valence electrons. The van der Waals surface area contributed by atoms with E-state index in [2.05, 4.69) is 48.9 Å². The van der Waals surface area contributed by atoms with E-state index in [0.717, 1.165) is 18.9 Å². The summed E-state index contributed by atoms with van der Waals surface area (Å²) in [6.07, 6.45) is -2.45. The molecule has 0 aliphatic heterocycles. The predicted octanol–water partition coefficient (Wildman–Crippen LogP) is 6.34. The van der Waals surface area contributed by atoms with Crippen LogP contribution in [0.2, 0.25) is 0 Å². The lowest BCUT2D eigenvalue weighted by molar-refractivity contribution is -0.137. The molecule has 0 aliphatic carbocycles. The number of halogens is 4. The molecule has 5 heteroatoms. The Bertz CT molecular complexity index is 445. The van der Waals surface area contributed by atoms with Gasteiger partial charge in [0.2, 0.25) is 0 Å². The zero-order chi connectivity index (χ0) is 16.2. The highest BCUT2D eigenvalue weighted by Crippen LogP contribution is 2.34. The van der Waals surface area contributed by atoms with Gasteiger partial charge in [0.25, 0.3) is 0 Å². The first kappa shape index (κ1) is 18.3. The molecular weight excluding hydrogens is 343 g/mol. The molecule has 0 bridgehead atoms. The summed E-state index contributed by atoms with van der Waals surface area (Å²) >= 11 is 3.16. The average molecular weight is 366 g/mol. The smallest absolute Gasteiger partial charge is 0.382 e. The summed E-state index contributed by atoms with van der Waals surface area (Å²) in [6, 6.07) is 4.16. The van der Waals surface area contributed by atoms with Crippen LogP contribution in [-0.2, 0) is 6.18 Å². The first-order valence-corrected chi connectivity index (χ1v) is 8.01. The van der Waals surface area contributed by atoms with Crippen LogP contribution in [0.5, 0.6) is 0 Å². The van der Waals surface area contributed by atoms with Gasteiger partial charge in [0.15, 0.2) is 0 Å². The SMILES string of the molecule is CC(C)CC(CC(C)C)Nc1cc(Br)cc(C(F)(F)F)c1. The lowest BCUT2D eigenvalue weighted by Crippen LogP contribution is -2.24. The third-order valence-corrected chi connectivity index (χ3v) is 3.57. The predicted molar refractivity (Wildman–Crippen MR) is 85.5 cm³/mol. The highest BCUT2D eigenvalue weighted by atomic mass is 79.9. The van der Waals surface area contributed by atoms with Crippen molar-refractivity contribution in [3.63, 3.8) is 0 Å². The minimum absolute atomic E-state index is 0.181. The summed E-state index contributed by atoms with van der Waals surface area (Å²) in [7, 11) is 0. The van der Waals surface area contributed by atoms with Gasteiger partial charge in [0, 0.05) is 16.2 Å². The Morgan fingerprint density at radius 1 is 1.00 bits per heavy atom. The van der Waals surface area contributed by atoms with Crippen molar-refractivity contribution >= 4 is 21.6 Å². The minimum Gasteiger partial charge on any atom is -0.382 e. The quantitative estimate of drug-likeness (QED) is 0.619. The molecule has 0 fully saturated rings. The van der Waals surface area contributed by atoms with Gasteiger partial charge in [-0.05, 0) is 42.9 Å². The van der Waals surface area contributed by atoms with Crippen LogP contribution in [0.15, 0.2) is 22.7 Å². The summed E-state index contributed by atoms with van der Waals surface area (Å²) in [5.74, 6) is 0.992. The van der Waals surface area contributed by atoms with Gasteiger partial charge in [0.1, 0.15) is 0 Å². The maximum Gasteiger partial charge on any atom is 0.416 e. The molecule has 1 nitrogen and oxygen atoms in total. The van der Waals surface area contributed by atoms with Crippen LogP contribution < -0.4 is 5.32 Å². The molecule has 0 unspecified atom stereocenters. The van der Waals surface area contributed by atoms with Crippen LogP contribution in [0.1, 0.15) is 46.1 Å². The lowest BCUT2D eigenvalue weighted by atomic mass is 9.95. The Morgan fingerprint density at radius 3 is 1.95 bits per heavy atom. The Labute approximate surface area is 133 Å². The fraction of sp³-hybridized carbons (Fsp3) is 0.625. The minimum atomic E-state index is -4.33. The number of nitrogens with one attached hydrogen (secondary N) is 1. The van der Waals surface area contributed by atoms with Gasteiger partial charge < -0.3 is 5.32 Å². The highest BCUT2D eigenvalue weighted by Gasteiger charge is 2.31. The largest absolute Gasteiger partial charge is 0.416 e. The number of benzene rings is 1. The second kappa shape index (κ2) is 7.52. The highest BCUT2D eigenvalue weighted by molar-refractivity contribution is 9.10. The van der Waals surface area contributed by atoms with Gasteiger partial charge in [-0.15, -0.1) is 0 Å². The van der Waals surface area contributed by atoms with Crippen molar-refractivity contribution in [3.05, 3.63) is 28.2 Å². The van der Waals surface area contributed by atoms with Crippen molar-refractivity contribution in [1.82, 2.24) is 0 Å². The van der Waals surface area contributed by atoms with Crippen LogP contribution >= 0.6 is 15.9 Å². The van der Waals surface area contributed by atoms with Crippen molar-refractivity contribution < 1.29 is 13.2 Å². The van der Waals surface area contributed by atoms with E-state index in [0.29, 0.717) is 22.0 Å². The van der Waals surface area contributed by atoms with E-state index < -0.39 is 11.7 Å². The van der Waals surface area contributed by atoms with E-state index in [1.54, 1.807) is 6.07 Å². The van der Waals surface area contributed by atoms with Gasteiger partial charge in [-0.3, -0.25) is 0 Å². The maximum absolute atomic E-state index is 12.9. The molecule has 1 aromatic carbocycles. The third kappa shape index (κ3) is 6.72. The first-order valence-electron chi connectivity index (χ1n) is 7.22. The number of hydrogen-bond acceptors (Lipinski definition) is 1. The van der Waals surface area contributed by atoms with Crippen molar-refractivity contribution in [2.75, 3.05) is 5.32 Å². The van der Waals surface area contributed by atoms with Crippen molar-refractivity contribution in [2.45, 2.75) is 52.8 Å². The number of hydrogen-bond donors (Lipinski definition) is 1. The van der Waals surface area contributed by atoms with Gasteiger partial charge >= 0.3 is 6.18 Å². The lowest BCUT2D eigenvalue weighted by Gasteiger charge is -2.24. The molecule has 0 spiro atoms. The summed E-state index contributed by atoms with van der Waals surface area (Å²) in [6.45, 7) is 8.49. The molecule has 1 aromatic rings. The Hall–Kier alpha value is -0.710. The maximum atomic E-state index is 12.9. The molecule has 1 rings (SSSR count). The molecule has 0 atom stereocenters. The van der Waals surface area contributed by atoms with E-state index in [9.17, 15) is 13.2 Å². The fourth-order valence-electron chi connectivity index (χ4n) is 2.42. The first-order chi connectivity index (χ1) is 9.57. The van der Waals surface area contributed by atoms with E-state index in [1.807, 2.05) is 0 Å². The summed E-state index contributed by atoms with van der Waals surface area (Å²) in [5, 5.41) is 3.26. The Morgan fingerprint density at radius 2 is 1.52 bits per heavy atom. The Balaban J connectivity index is 2.95. The number of alkyl halides is 3. The third-order valence-electron chi connectivity index (χ3n) is 3.11. The molecule has 0 saturated heterocycles. The van der Waals surface area contributed by atoms with Gasteiger partial charge in [-0.1, -0.05) is 43.6 Å². The summed E-state index contributed by atoms with van der Waals surface area (Å²) < 4.78 is 39.0. The molecular formula is C16H23BrF3N.